The van der Waals surface area contributed by atoms with Crippen LogP contribution in [0.2, 0.25) is 0 Å². The van der Waals surface area contributed by atoms with Gasteiger partial charge < -0.3 is 20.6 Å². The number of benzene rings is 3. The summed E-state index contributed by atoms with van der Waals surface area (Å²) in [5, 5.41) is 15.6. The van der Waals surface area contributed by atoms with Crippen LogP contribution in [-0.2, 0) is 19.2 Å². The molecule has 2 saturated heterocycles. The van der Waals surface area contributed by atoms with Crippen molar-refractivity contribution in [3.8, 4) is 0 Å². The summed E-state index contributed by atoms with van der Waals surface area (Å²) in [5.74, 6) is -3.97. The maximum atomic E-state index is 13.9. The summed E-state index contributed by atoms with van der Waals surface area (Å²) in [6, 6.07) is 26.1. The van der Waals surface area contributed by atoms with Gasteiger partial charge in [-0.15, -0.1) is 0 Å². The van der Waals surface area contributed by atoms with Crippen molar-refractivity contribution in [2.24, 2.45) is 11.8 Å². The first-order chi connectivity index (χ1) is 19.8. The highest BCUT2D eigenvalue weighted by Crippen LogP contribution is 2.44. The summed E-state index contributed by atoms with van der Waals surface area (Å²) in [5.41, 5.74) is 2.69. The standard InChI is InChI=1S/C33H33N3O5/c1-21(23-13-7-3-8-14-23)35-31(39)27(19-28(37)38)36-26(18-17-22-11-5-2-6-12-22)30(33(36)41)29-25(20-34-32(29)40)24-15-9-4-10-16-24/h2-18,21,25-27,29-30H,19-20H2,1H3,(H,34,40)(H,35,39)(H,37,38)/t21-,25-,26-,27-,29?,30-/m1/s1. The van der Waals surface area contributed by atoms with Crippen LogP contribution in [0.25, 0.3) is 6.08 Å². The Labute approximate surface area is 239 Å². The molecule has 0 radical (unpaired) electrons. The van der Waals surface area contributed by atoms with Gasteiger partial charge in [-0.25, -0.2) is 0 Å². The highest BCUT2D eigenvalue weighted by molar-refractivity contribution is 5.99. The van der Waals surface area contributed by atoms with Crippen LogP contribution in [0.5, 0.6) is 0 Å². The first-order valence-electron chi connectivity index (χ1n) is 13.8. The van der Waals surface area contributed by atoms with Crippen molar-refractivity contribution in [2.45, 2.75) is 37.4 Å². The molecule has 3 amide bonds. The highest BCUT2D eigenvalue weighted by atomic mass is 16.4. The molecule has 1 unspecified atom stereocenters. The van der Waals surface area contributed by atoms with Crippen LogP contribution in [0.1, 0.15) is 42.0 Å². The van der Waals surface area contributed by atoms with E-state index in [2.05, 4.69) is 10.6 Å². The van der Waals surface area contributed by atoms with Gasteiger partial charge in [-0.1, -0.05) is 103 Å². The van der Waals surface area contributed by atoms with E-state index in [0.717, 1.165) is 16.7 Å². The molecule has 2 fully saturated rings. The van der Waals surface area contributed by atoms with Crippen molar-refractivity contribution < 1.29 is 24.3 Å². The van der Waals surface area contributed by atoms with E-state index >= 15 is 0 Å². The van der Waals surface area contributed by atoms with E-state index in [1.165, 1.54) is 4.90 Å². The second kappa shape index (κ2) is 12.2. The molecule has 2 aliphatic rings. The second-order valence-corrected chi connectivity index (χ2v) is 10.6. The van der Waals surface area contributed by atoms with Gasteiger partial charge in [0.05, 0.1) is 30.3 Å². The van der Waals surface area contributed by atoms with E-state index < -0.39 is 54.2 Å². The number of carbonyl (C=O) groups is 4. The quantitative estimate of drug-likeness (QED) is 0.332. The summed E-state index contributed by atoms with van der Waals surface area (Å²) < 4.78 is 0. The molecule has 8 heteroatoms. The number of rotatable bonds is 10. The summed E-state index contributed by atoms with van der Waals surface area (Å²) in [4.78, 5) is 53.9. The fourth-order valence-electron chi connectivity index (χ4n) is 5.96. The molecular weight excluding hydrogens is 518 g/mol. The van der Waals surface area contributed by atoms with E-state index in [1.807, 2.05) is 110 Å². The van der Waals surface area contributed by atoms with Gasteiger partial charge in [0.2, 0.25) is 17.7 Å². The van der Waals surface area contributed by atoms with Gasteiger partial charge in [-0.2, -0.15) is 0 Å². The van der Waals surface area contributed by atoms with Crippen molar-refractivity contribution in [1.82, 2.24) is 15.5 Å². The van der Waals surface area contributed by atoms with Gasteiger partial charge >= 0.3 is 5.97 Å². The topological polar surface area (TPSA) is 116 Å². The number of carboxylic acid groups (broad SMARTS) is 1. The monoisotopic (exact) mass is 551 g/mol. The number of carboxylic acids is 1. The Morgan fingerprint density at radius 3 is 2.20 bits per heavy atom. The lowest BCUT2D eigenvalue weighted by atomic mass is 9.70. The van der Waals surface area contributed by atoms with Crippen LogP contribution in [0.15, 0.2) is 97.1 Å². The average Bonchev–Trinajstić information content (AvgIpc) is 3.36. The predicted octanol–water partition coefficient (Wildman–Crippen LogP) is 3.78. The van der Waals surface area contributed by atoms with Crippen LogP contribution in [0.3, 0.4) is 0 Å². The zero-order chi connectivity index (χ0) is 28.9. The van der Waals surface area contributed by atoms with Gasteiger partial charge in [0, 0.05) is 12.5 Å². The van der Waals surface area contributed by atoms with Gasteiger partial charge in [-0.05, 0) is 23.6 Å². The van der Waals surface area contributed by atoms with Gasteiger partial charge in [-0.3, -0.25) is 19.2 Å². The maximum Gasteiger partial charge on any atom is 0.305 e. The zero-order valence-corrected chi connectivity index (χ0v) is 22.7. The Kier molecular flexibility index (Phi) is 8.29. The number of hydrogen-bond acceptors (Lipinski definition) is 4. The first kappa shape index (κ1) is 27.8. The minimum atomic E-state index is -1.24. The fraction of sp³-hybridized carbons (Fsp3) is 0.273. The molecule has 0 bridgehead atoms. The van der Waals surface area contributed by atoms with E-state index in [-0.39, 0.29) is 11.8 Å². The molecule has 5 rings (SSSR count). The lowest BCUT2D eigenvalue weighted by molar-refractivity contribution is -0.169. The third-order valence-electron chi connectivity index (χ3n) is 8.03. The number of nitrogens with zero attached hydrogens (tertiary/aromatic N) is 1. The SMILES string of the molecule is C[C@@H](NC(=O)[C@@H](CC(=O)O)N1C(=O)[C@@H](C2C(=O)NC[C@@H]2c2ccccc2)[C@H]1C=Cc1ccccc1)c1ccccc1. The van der Waals surface area contributed by atoms with E-state index in [0.29, 0.717) is 6.54 Å². The molecule has 2 heterocycles. The van der Waals surface area contributed by atoms with Gasteiger partial charge in [0.25, 0.3) is 0 Å². The highest BCUT2D eigenvalue weighted by Gasteiger charge is 2.58. The summed E-state index contributed by atoms with van der Waals surface area (Å²) in [6.45, 7) is 2.21. The molecule has 6 atom stereocenters. The van der Waals surface area contributed by atoms with Crippen LogP contribution >= 0.6 is 0 Å². The van der Waals surface area contributed by atoms with E-state index in [9.17, 15) is 24.3 Å². The third-order valence-corrected chi connectivity index (χ3v) is 8.03. The fourth-order valence-corrected chi connectivity index (χ4v) is 5.96. The number of nitrogens with one attached hydrogen (secondary N) is 2. The Balaban J connectivity index is 1.48. The van der Waals surface area contributed by atoms with Crippen molar-refractivity contribution in [1.29, 1.82) is 0 Å². The molecule has 0 aliphatic carbocycles. The molecule has 41 heavy (non-hydrogen) atoms. The number of likely N-dealkylation sites (tertiary alicyclic amines) is 1. The molecule has 0 spiro atoms. The van der Waals surface area contributed by atoms with Crippen LogP contribution < -0.4 is 10.6 Å². The van der Waals surface area contributed by atoms with Gasteiger partial charge in [0.1, 0.15) is 6.04 Å². The second-order valence-electron chi connectivity index (χ2n) is 10.6. The molecule has 3 aromatic carbocycles. The Hall–Kier alpha value is -4.72. The molecule has 2 aliphatic heterocycles. The lowest BCUT2D eigenvalue weighted by Crippen LogP contribution is -2.69. The molecule has 0 aromatic heterocycles. The number of amides is 3. The van der Waals surface area contributed by atoms with E-state index in [1.54, 1.807) is 0 Å². The van der Waals surface area contributed by atoms with Crippen LogP contribution in [0, 0.1) is 11.8 Å². The third kappa shape index (κ3) is 5.91. The number of aliphatic carboxylic acids is 1. The van der Waals surface area contributed by atoms with Gasteiger partial charge in [0.15, 0.2) is 0 Å². The summed E-state index contributed by atoms with van der Waals surface area (Å²) in [6.07, 6.45) is 3.11. The number of β-lactam (4-membered cyclic amide) rings is 1. The molecule has 3 aromatic rings. The molecule has 3 N–H and O–H groups in total. The number of carbonyl (C=O) groups excluding carboxylic acids is 3. The summed E-state index contributed by atoms with van der Waals surface area (Å²) >= 11 is 0. The first-order valence-corrected chi connectivity index (χ1v) is 13.8. The lowest BCUT2D eigenvalue weighted by Gasteiger charge is -2.51. The van der Waals surface area contributed by atoms with Crippen molar-refractivity contribution >= 4 is 29.8 Å². The average molecular weight is 552 g/mol. The Morgan fingerprint density at radius 2 is 1.56 bits per heavy atom. The molecule has 210 valence electrons. The normalized spacial score (nSPS) is 23.5. The van der Waals surface area contributed by atoms with Crippen molar-refractivity contribution in [3.63, 3.8) is 0 Å². The number of hydrogen-bond donors (Lipinski definition) is 3. The Bertz CT molecular complexity index is 1430. The largest absolute Gasteiger partial charge is 0.481 e. The summed E-state index contributed by atoms with van der Waals surface area (Å²) in [7, 11) is 0. The van der Waals surface area contributed by atoms with Crippen molar-refractivity contribution in [3.05, 3.63) is 114 Å². The molecular formula is C33H33N3O5. The van der Waals surface area contributed by atoms with Crippen molar-refractivity contribution in [2.75, 3.05) is 6.54 Å². The minimum absolute atomic E-state index is 0.216. The molecule has 0 saturated carbocycles. The maximum absolute atomic E-state index is 13.9. The molecule has 8 nitrogen and oxygen atoms in total. The van der Waals surface area contributed by atoms with E-state index in [4.69, 9.17) is 0 Å². The minimum Gasteiger partial charge on any atom is -0.481 e. The smallest absolute Gasteiger partial charge is 0.305 e. The van der Waals surface area contributed by atoms with Crippen LogP contribution in [0.4, 0.5) is 0 Å². The van der Waals surface area contributed by atoms with Crippen LogP contribution in [-0.4, -0.2) is 52.3 Å². The predicted molar refractivity (Wildman–Crippen MR) is 154 cm³/mol. The Morgan fingerprint density at radius 1 is 0.951 bits per heavy atom. The zero-order valence-electron chi connectivity index (χ0n) is 22.7.